The minimum Gasteiger partial charge on any atom is -0.357 e. The second-order valence-electron chi connectivity index (χ2n) is 6.55. The Morgan fingerprint density at radius 3 is 2.48 bits per heavy atom. The van der Waals surface area contributed by atoms with E-state index in [1.54, 1.807) is 12.3 Å². The molecule has 4 rings (SSSR count). The van der Waals surface area contributed by atoms with E-state index >= 15 is 0 Å². The standard InChI is InChI=1S/C19H19F2N3O/c20-15-10-13-4-3-9-24(17(13)11-16(15)21)19(25)14-5-6-18(22-12-14)23-7-1-2-8-23/h5-6,10-12H,1-4,7-9H2. The zero-order chi connectivity index (χ0) is 17.4. The third-order valence-corrected chi connectivity index (χ3v) is 4.91. The maximum atomic E-state index is 13.6. The third-order valence-electron chi connectivity index (χ3n) is 4.91. The predicted molar refractivity (Wildman–Crippen MR) is 92.0 cm³/mol. The van der Waals surface area contributed by atoms with Crippen LogP contribution in [0.5, 0.6) is 0 Å². The van der Waals surface area contributed by atoms with Crippen LogP contribution in [0.15, 0.2) is 30.5 Å². The molecule has 0 saturated carbocycles. The molecule has 1 aromatic carbocycles. The van der Waals surface area contributed by atoms with Crippen LogP contribution in [0.1, 0.15) is 35.2 Å². The largest absolute Gasteiger partial charge is 0.357 e. The second-order valence-corrected chi connectivity index (χ2v) is 6.55. The Morgan fingerprint density at radius 1 is 1.00 bits per heavy atom. The molecule has 0 spiro atoms. The summed E-state index contributed by atoms with van der Waals surface area (Å²) < 4.78 is 27.1. The highest BCUT2D eigenvalue weighted by Gasteiger charge is 2.26. The van der Waals surface area contributed by atoms with Gasteiger partial charge in [0.1, 0.15) is 5.82 Å². The fourth-order valence-corrected chi connectivity index (χ4v) is 3.59. The SMILES string of the molecule is O=C(c1ccc(N2CCCC2)nc1)N1CCCc2cc(F)c(F)cc21. The summed E-state index contributed by atoms with van der Waals surface area (Å²) in [7, 11) is 0. The van der Waals surface area contributed by atoms with E-state index in [0.717, 1.165) is 44.2 Å². The number of fused-ring (bicyclic) bond motifs is 1. The van der Waals surface area contributed by atoms with Crippen LogP contribution in [0.2, 0.25) is 0 Å². The lowest BCUT2D eigenvalue weighted by Crippen LogP contribution is -2.35. The van der Waals surface area contributed by atoms with Crippen molar-refractivity contribution in [3.63, 3.8) is 0 Å². The summed E-state index contributed by atoms with van der Waals surface area (Å²) in [6, 6.07) is 5.93. The highest BCUT2D eigenvalue weighted by atomic mass is 19.2. The van der Waals surface area contributed by atoms with E-state index in [9.17, 15) is 13.6 Å². The normalized spacial score (nSPS) is 16.9. The Bertz CT molecular complexity index is 801. The van der Waals surface area contributed by atoms with Gasteiger partial charge < -0.3 is 9.80 Å². The van der Waals surface area contributed by atoms with Gasteiger partial charge >= 0.3 is 0 Å². The summed E-state index contributed by atoms with van der Waals surface area (Å²) in [5, 5.41) is 0. The molecule has 2 aromatic rings. The Morgan fingerprint density at radius 2 is 1.76 bits per heavy atom. The lowest BCUT2D eigenvalue weighted by molar-refractivity contribution is 0.0984. The van der Waals surface area contributed by atoms with Crippen LogP contribution in [-0.2, 0) is 6.42 Å². The lowest BCUT2D eigenvalue weighted by atomic mass is 10.0. The molecule has 3 heterocycles. The van der Waals surface area contributed by atoms with E-state index in [-0.39, 0.29) is 5.91 Å². The summed E-state index contributed by atoms with van der Waals surface area (Å²) in [4.78, 5) is 21.0. The molecule has 4 nitrogen and oxygen atoms in total. The highest BCUT2D eigenvalue weighted by Crippen LogP contribution is 2.30. The quantitative estimate of drug-likeness (QED) is 0.837. The number of halogens is 2. The Balaban J connectivity index is 1.60. The van der Waals surface area contributed by atoms with Crippen molar-refractivity contribution >= 4 is 17.4 Å². The maximum absolute atomic E-state index is 13.6. The summed E-state index contributed by atoms with van der Waals surface area (Å²) in [5.41, 5.74) is 1.58. The number of benzene rings is 1. The Labute approximate surface area is 145 Å². The van der Waals surface area contributed by atoms with E-state index in [1.165, 1.54) is 11.0 Å². The van der Waals surface area contributed by atoms with E-state index in [2.05, 4.69) is 9.88 Å². The van der Waals surface area contributed by atoms with Crippen molar-refractivity contribution in [2.75, 3.05) is 29.4 Å². The smallest absolute Gasteiger partial charge is 0.259 e. The number of aryl methyl sites for hydroxylation is 1. The molecule has 1 fully saturated rings. The molecule has 0 atom stereocenters. The van der Waals surface area contributed by atoms with Gasteiger partial charge in [-0.1, -0.05) is 0 Å². The summed E-state index contributed by atoms with van der Waals surface area (Å²) in [6.07, 6.45) is 5.26. The molecule has 2 aliphatic heterocycles. The van der Waals surface area contributed by atoms with Crippen LogP contribution in [0.3, 0.4) is 0 Å². The third kappa shape index (κ3) is 2.97. The molecule has 25 heavy (non-hydrogen) atoms. The van der Waals surface area contributed by atoms with Gasteiger partial charge in [0.25, 0.3) is 5.91 Å². The molecule has 130 valence electrons. The summed E-state index contributed by atoms with van der Waals surface area (Å²) in [5.74, 6) is -1.15. The number of rotatable bonds is 2. The summed E-state index contributed by atoms with van der Waals surface area (Å²) >= 11 is 0. The zero-order valence-corrected chi connectivity index (χ0v) is 13.8. The minimum absolute atomic E-state index is 0.229. The van der Waals surface area contributed by atoms with Gasteiger partial charge in [0.15, 0.2) is 11.6 Å². The number of amides is 1. The molecule has 1 aromatic heterocycles. The number of hydrogen-bond donors (Lipinski definition) is 0. The first-order valence-corrected chi connectivity index (χ1v) is 8.64. The van der Waals surface area contributed by atoms with Crippen molar-refractivity contribution in [2.24, 2.45) is 0 Å². The first-order valence-electron chi connectivity index (χ1n) is 8.64. The fourth-order valence-electron chi connectivity index (χ4n) is 3.59. The van der Waals surface area contributed by atoms with Crippen molar-refractivity contribution in [1.29, 1.82) is 0 Å². The number of carbonyl (C=O) groups is 1. The molecule has 2 aliphatic rings. The van der Waals surface area contributed by atoms with Gasteiger partial charge in [0.2, 0.25) is 0 Å². The van der Waals surface area contributed by atoms with Crippen molar-refractivity contribution in [3.05, 3.63) is 53.2 Å². The zero-order valence-electron chi connectivity index (χ0n) is 13.8. The predicted octanol–water partition coefficient (Wildman–Crippen LogP) is 3.55. The van der Waals surface area contributed by atoms with Gasteiger partial charge in [-0.2, -0.15) is 0 Å². The van der Waals surface area contributed by atoms with Crippen LogP contribution >= 0.6 is 0 Å². The van der Waals surface area contributed by atoms with Crippen LogP contribution < -0.4 is 9.80 Å². The van der Waals surface area contributed by atoms with Crippen LogP contribution in [-0.4, -0.2) is 30.5 Å². The van der Waals surface area contributed by atoms with Gasteiger partial charge in [0.05, 0.1) is 11.3 Å². The van der Waals surface area contributed by atoms with E-state index in [4.69, 9.17) is 0 Å². The number of hydrogen-bond acceptors (Lipinski definition) is 3. The molecule has 6 heteroatoms. The first kappa shape index (κ1) is 16.0. The number of anilines is 2. The van der Waals surface area contributed by atoms with Gasteiger partial charge in [-0.15, -0.1) is 0 Å². The van der Waals surface area contributed by atoms with Crippen molar-refractivity contribution < 1.29 is 13.6 Å². The molecule has 0 aliphatic carbocycles. The van der Waals surface area contributed by atoms with E-state index in [0.29, 0.717) is 29.8 Å². The second kappa shape index (κ2) is 6.43. The molecule has 1 amide bonds. The topological polar surface area (TPSA) is 36.4 Å². The first-order chi connectivity index (χ1) is 12.1. The number of nitrogens with zero attached hydrogens (tertiary/aromatic N) is 3. The van der Waals surface area contributed by atoms with E-state index < -0.39 is 11.6 Å². The van der Waals surface area contributed by atoms with Gasteiger partial charge in [0, 0.05) is 31.9 Å². The molecular formula is C19H19F2N3O. The van der Waals surface area contributed by atoms with Gasteiger partial charge in [-0.05, 0) is 49.4 Å². The van der Waals surface area contributed by atoms with Crippen molar-refractivity contribution in [2.45, 2.75) is 25.7 Å². The number of aromatic nitrogens is 1. The van der Waals surface area contributed by atoms with Crippen LogP contribution in [0.25, 0.3) is 0 Å². The Hall–Kier alpha value is -2.50. The van der Waals surface area contributed by atoms with Gasteiger partial charge in [-0.25, -0.2) is 13.8 Å². The Kier molecular flexibility index (Phi) is 4.11. The average Bonchev–Trinajstić information content (AvgIpc) is 3.16. The molecule has 0 bridgehead atoms. The highest BCUT2D eigenvalue weighted by molar-refractivity contribution is 6.06. The molecule has 0 radical (unpaired) electrons. The van der Waals surface area contributed by atoms with Crippen molar-refractivity contribution in [1.82, 2.24) is 4.98 Å². The fraction of sp³-hybridized carbons (Fsp3) is 0.368. The van der Waals surface area contributed by atoms with Crippen LogP contribution in [0, 0.1) is 11.6 Å². The molecular weight excluding hydrogens is 324 g/mol. The number of carbonyl (C=O) groups excluding carboxylic acids is 1. The molecule has 1 saturated heterocycles. The van der Waals surface area contributed by atoms with E-state index in [1.807, 2.05) is 6.07 Å². The minimum atomic E-state index is -0.930. The average molecular weight is 343 g/mol. The molecule has 0 N–H and O–H groups in total. The van der Waals surface area contributed by atoms with Crippen molar-refractivity contribution in [3.8, 4) is 0 Å². The summed E-state index contributed by atoms with van der Waals surface area (Å²) in [6.45, 7) is 2.47. The van der Waals surface area contributed by atoms with Gasteiger partial charge in [-0.3, -0.25) is 4.79 Å². The van der Waals surface area contributed by atoms with Crippen LogP contribution in [0.4, 0.5) is 20.3 Å². The molecule has 0 unspecified atom stereocenters. The lowest BCUT2D eigenvalue weighted by Gasteiger charge is -2.29. The maximum Gasteiger partial charge on any atom is 0.259 e. The number of pyridine rings is 1. The monoisotopic (exact) mass is 343 g/mol.